The maximum Gasteiger partial charge on any atom is 0.416 e. The smallest absolute Gasteiger partial charge is 0.379 e. The molecule has 2 aliphatic heterocycles. The molecule has 0 bridgehead atoms. The van der Waals surface area contributed by atoms with Gasteiger partial charge in [-0.05, 0) is 61.7 Å². The molecule has 1 amide bonds. The number of amides is 1. The predicted molar refractivity (Wildman–Crippen MR) is 121 cm³/mol. The summed E-state index contributed by atoms with van der Waals surface area (Å²) in [4.78, 5) is 15.3. The molecule has 34 heavy (non-hydrogen) atoms. The van der Waals surface area contributed by atoms with Gasteiger partial charge in [0.15, 0.2) is 0 Å². The van der Waals surface area contributed by atoms with Crippen molar-refractivity contribution in [3.05, 3.63) is 53.6 Å². The van der Waals surface area contributed by atoms with Gasteiger partial charge in [0.2, 0.25) is 10.0 Å². The van der Waals surface area contributed by atoms with Gasteiger partial charge in [-0.2, -0.15) is 17.5 Å². The third kappa shape index (κ3) is 5.37. The van der Waals surface area contributed by atoms with Gasteiger partial charge in [0, 0.05) is 37.6 Å². The van der Waals surface area contributed by atoms with Gasteiger partial charge in [-0.3, -0.25) is 4.79 Å². The number of carbonyl (C=O) groups is 1. The van der Waals surface area contributed by atoms with E-state index in [2.05, 4.69) is 5.32 Å². The van der Waals surface area contributed by atoms with Gasteiger partial charge in [-0.25, -0.2) is 8.42 Å². The van der Waals surface area contributed by atoms with Crippen molar-refractivity contribution in [3.8, 4) is 0 Å². The van der Waals surface area contributed by atoms with E-state index in [-0.39, 0.29) is 29.2 Å². The summed E-state index contributed by atoms with van der Waals surface area (Å²) in [5.41, 5.74) is 0.128. The number of piperidine rings is 1. The fourth-order valence-electron chi connectivity index (χ4n) is 4.15. The lowest BCUT2D eigenvalue weighted by atomic mass is 10.1. The number of benzene rings is 2. The molecule has 11 heteroatoms. The van der Waals surface area contributed by atoms with Crippen molar-refractivity contribution in [1.29, 1.82) is 0 Å². The van der Waals surface area contributed by atoms with Crippen molar-refractivity contribution in [1.82, 2.24) is 4.31 Å². The lowest BCUT2D eigenvalue weighted by Crippen LogP contribution is -2.40. The Morgan fingerprint density at radius 3 is 2.18 bits per heavy atom. The summed E-state index contributed by atoms with van der Waals surface area (Å²) in [6, 6.07) is 8.63. The zero-order chi connectivity index (χ0) is 24.3. The van der Waals surface area contributed by atoms with Crippen LogP contribution in [0.2, 0.25) is 0 Å². The van der Waals surface area contributed by atoms with Crippen molar-refractivity contribution in [3.63, 3.8) is 0 Å². The zero-order valence-electron chi connectivity index (χ0n) is 18.5. The lowest BCUT2D eigenvalue weighted by Gasteiger charge is -2.31. The van der Waals surface area contributed by atoms with E-state index < -0.39 is 27.7 Å². The van der Waals surface area contributed by atoms with Crippen LogP contribution < -0.4 is 10.2 Å². The number of carbonyl (C=O) groups excluding carboxylic acids is 1. The van der Waals surface area contributed by atoms with Crippen molar-refractivity contribution < 1.29 is 31.1 Å². The molecular formula is C23H26F3N3O4S. The van der Waals surface area contributed by atoms with Crippen LogP contribution in [0, 0.1) is 0 Å². The Kier molecular flexibility index (Phi) is 7.15. The molecule has 0 unspecified atom stereocenters. The molecule has 0 radical (unpaired) electrons. The summed E-state index contributed by atoms with van der Waals surface area (Å²) in [7, 11) is -3.83. The molecule has 0 spiro atoms. The van der Waals surface area contributed by atoms with Gasteiger partial charge in [0.25, 0.3) is 5.91 Å². The van der Waals surface area contributed by atoms with E-state index in [9.17, 15) is 26.4 Å². The van der Waals surface area contributed by atoms with Crippen molar-refractivity contribution in [2.24, 2.45) is 0 Å². The molecule has 2 saturated heterocycles. The summed E-state index contributed by atoms with van der Waals surface area (Å²) in [5, 5.41) is 2.61. The molecule has 1 N–H and O–H groups in total. The van der Waals surface area contributed by atoms with Gasteiger partial charge in [-0.1, -0.05) is 0 Å². The largest absolute Gasteiger partial charge is 0.416 e. The van der Waals surface area contributed by atoms with Gasteiger partial charge in [0.1, 0.15) is 0 Å². The van der Waals surface area contributed by atoms with Crippen LogP contribution in [0.15, 0.2) is 47.4 Å². The second-order valence-corrected chi connectivity index (χ2v) is 10.2. The second-order valence-electron chi connectivity index (χ2n) is 8.27. The number of morpholine rings is 1. The lowest BCUT2D eigenvalue weighted by molar-refractivity contribution is -0.137. The Balaban J connectivity index is 1.66. The first-order chi connectivity index (χ1) is 16.2. The Bertz CT molecular complexity index is 1130. The first-order valence-corrected chi connectivity index (χ1v) is 12.6. The Morgan fingerprint density at radius 1 is 0.912 bits per heavy atom. The molecule has 2 fully saturated rings. The van der Waals surface area contributed by atoms with Crippen molar-refractivity contribution in [2.75, 3.05) is 49.6 Å². The van der Waals surface area contributed by atoms with Crippen LogP contribution in [0.25, 0.3) is 0 Å². The van der Waals surface area contributed by atoms with Crippen LogP contribution in [-0.2, 0) is 20.9 Å². The fourth-order valence-corrected chi connectivity index (χ4v) is 5.58. The maximum atomic E-state index is 13.2. The summed E-state index contributed by atoms with van der Waals surface area (Å²) in [6.07, 6.45) is -1.50. The number of halogens is 3. The monoisotopic (exact) mass is 497 g/mol. The van der Waals surface area contributed by atoms with E-state index in [4.69, 9.17) is 4.74 Å². The van der Waals surface area contributed by atoms with E-state index in [1.807, 2.05) is 4.90 Å². The van der Waals surface area contributed by atoms with E-state index in [0.717, 1.165) is 44.5 Å². The van der Waals surface area contributed by atoms with E-state index in [1.165, 1.54) is 28.6 Å². The van der Waals surface area contributed by atoms with Gasteiger partial charge in [0.05, 0.1) is 29.2 Å². The molecule has 184 valence electrons. The number of hydrogen-bond donors (Lipinski definition) is 1. The highest BCUT2D eigenvalue weighted by atomic mass is 32.2. The first kappa shape index (κ1) is 24.5. The fraction of sp³-hybridized carbons (Fsp3) is 0.435. The van der Waals surface area contributed by atoms with Crippen LogP contribution in [0.5, 0.6) is 0 Å². The number of ether oxygens (including phenoxy) is 1. The molecule has 0 atom stereocenters. The average molecular weight is 498 g/mol. The number of nitrogens with zero attached hydrogens (tertiary/aromatic N) is 2. The predicted octanol–water partition coefficient (Wildman–Crippen LogP) is 3.97. The minimum Gasteiger partial charge on any atom is -0.379 e. The molecule has 4 rings (SSSR count). The molecule has 0 aliphatic carbocycles. The molecule has 0 aromatic heterocycles. The van der Waals surface area contributed by atoms with E-state index in [1.54, 1.807) is 6.07 Å². The number of anilines is 2. The summed E-state index contributed by atoms with van der Waals surface area (Å²) in [6.45, 7) is 2.51. The van der Waals surface area contributed by atoms with Crippen LogP contribution in [0.3, 0.4) is 0 Å². The molecule has 0 saturated carbocycles. The summed E-state index contributed by atoms with van der Waals surface area (Å²) >= 11 is 0. The summed E-state index contributed by atoms with van der Waals surface area (Å²) < 4.78 is 71.4. The maximum absolute atomic E-state index is 13.2. The minimum absolute atomic E-state index is 0.00673. The Morgan fingerprint density at radius 2 is 1.56 bits per heavy atom. The highest BCUT2D eigenvalue weighted by molar-refractivity contribution is 7.89. The average Bonchev–Trinajstić information content (AvgIpc) is 2.84. The first-order valence-electron chi connectivity index (χ1n) is 11.1. The number of hydrogen-bond acceptors (Lipinski definition) is 5. The normalized spacial score (nSPS) is 18.0. The zero-order valence-corrected chi connectivity index (χ0v) is 19.3. The summed E-state index contributed by atoms with van der Waals surface area (Å²) in [5.74, 6) is -0.584. The quantitative estimate of drug-likeness (QED) is 0.677. The highest BCUT2D eigenvalue weighted by Gasteiger charge is 2.31. The van der Waals surface area contributed by atoms with Crippen LogP contribution >= 0.6 is 0 Å². The molecule has 7 nitrogen and oxygen atoms in total. The van der Waals surface area contributed by atoms with Crippen molar-refractivity contribution >= 4 is 27.3 Å². The third-order valence-corrected chi connectivity index (χ3v) is 7.88. The number of rotatable bonds is 5. The van der Waals surface area contributed by atoms with Crippen LogP contribution in [0.4, 0.5) is 24.5 Å². The molecule has 2 aromatic carbocycles. The molecule has 2 aromatic rings. The van der Waals surface area contributed by atoms with Crippen LogP contribution in [0.1, 0.15) is 35.2 Å². The topological polar surface area (TPSA) is 79.0 Å². The third-order valence-electron chi connectivity index (χ3n) is 5.99. The molecule has 2 aliphatic rings. The van der Waals surface area contributed by atoms with Gasteiger partial charge in [-0.15, -0.1) is 0 Å². The number of alkyl halides is 3. The van der Waals surface area contributed by atoms with Crippen LogP contribution in [-0.4, -0.2) is 58.0 Å². The second kappa shape index (κ2) is 9.93. The Labute approximate surface area is 196 Å². The Hall–Kier alpha value is -2.63. The number of nitrogens with one attached hydrogen (secondary N) is 1. The van der Waals surface area contributed by atoms with Gasteiger partial charge < -0.3 is 15.0 Å². The molecular weight excluding hydrogens is 471 g/mol. The standard InChI is InChI=1S/C23H26F3N3O4S/c24-23(25,26)17-4-6-18(7-5-17)27-22(30)20-16-19(34(31,32)29-12-14-33-15-13-29)8-9-21(20)28-10-2-1-3-11-28/h4-9,16H,1-3,10-15H2,(H,27,30). The van der Waals surface area contributed by atoms with E-state index >= 15 is 0 Å². The van der Waals surface area contributed by atoms with Gasteiger partial charge >= 0.3 is 6.18 Å². The number of sulfonamides is 1. The van der Waals surface area contributed by atoms with E-state index in [0.29, 0.717) is 18.9 Å². The highest BCUT2D eigenvalue weighted by Crippen LogP contribution is 2.31. The van der Waals surface area contributed by atoms with Crippen molar-refractivity contribution in [2.45, 2.75) is 30.3 Å². The minimum atomic E-state index is -4.48. The SMILES string of the molecule is O=C(Nc1ccc(C(F)(F)F)cc1)c1cc(S(=O)(=O)N2CCOCC2)ccc1N1CCCCC1. The molecule has 2 heterocycles.